The van der Waals surface area contributed by atoms with Gasteiger partial charge < -0.3 is 5.32 Å². The average molecular weight is 420 g/mol. The number of carbonyl (C=O) groups excluding carboxylic acids is 2. The maximum absolute atomic E-state index is 12.7. The summed E-state index contributed by atoms with van der Waals surface area (Å²) >= 11 is 0. The lowest BCUT2D eigenvalue weighted by atomic mass is 9.95. The molecule has 1 amide bonds. The van der Waals surface area contributed by atoms with Crippen molar-refractivity contribution in [3.05, 3.63) is 65.0 Å². The van der Waals surface area contributed by atoms with Crippen LogP contribution in [0.5, 0.6) is 0 Å². The van der Waals surface area contributed by atoms with Gasteiger partial charge in [-0.05, 0) is 69.1 Å². The van der Waals surface area contributed by atoms with Gasteiger partial charge in [-0.15, -0.1) is 0 Å². The third kappa shape index (κ3) is 5.40. The van der Waals surface area contributed by atoms with Crippen LogP contribution in [0.4, 0.5) is 0 Å². The summed E-state index contributed by atoms with van der Waals surface area (Å²) in [5.41, 5.74) is 4.83. The molecule has 0 unspecified atom stereocenters. The summed E-state index contributed by atoms with van der Waals surface area (Å²) in [5.74, 6) is 0.188. The van der Waals surface area contributed by atoms with E-state index in [1.807, 2.05) is 30.3 Å². The topological polar surface area (TPSA) is 62.3 Å². The molecule has 1 aromatic carbocycles. The van der Waals surface area contributed by atoms with Gasteiger partial charge in [0.15, 0.2) is 5.78 Å². The van der Waals surface area contributed by atoms with Gasteiger partial charge in [0.1, 0.15) is 0 Å². The molecule has 2 aliphatic rings. The first-order chi connectivity index (χ1) is 15.1. The second-order valence-corrected chi connectivity index (χ2v) is 8.91. The molecule has 2 heterocycles. The van der Waals surface area contributed by atoms with Crippen molar-refractivity contribution in [2.45, 2.75) is 57.9 Å². The highest BCUT2D eigenvalue weighted by atomic mass is 16.2. The fourth-order valence-electron chi connectivity index (χ4n) is 4.97. The maximum Gasteiger partial charge on any atom is 0.224 e. The summed E-state index contributed by atoms with van der Waals surface area (Å²) in [6.45, 7) is 3.72. The molecular formula is C26H33N3O2. The minimum Gasteiger partial charge on any atom is -0.356 e. The zero-order valence-electron chi connectivity index (χ0n) is 18.5. The van der Waals surface area contributed by atoms with Crippen LogP contribution in [0, 0.1) is 5.92 Å². The lowest BCUT2D eigenvalue weighted by Gasteiger charge is -2.26. The summed E-state index contributed by atoms with van der Waals surface area (Å²) in [5, 5.41) is 3.11. The number of pyridine rings is 1. The number of nitrogens with zero attached hydrogens (tertiary/aromatic N) is 2. The van der Waals surface area contributed by atoms with Crippen molar-refractivity contribution in [1.82, 2.24) is 15.2 Å². The van der Waals surface area contributed by atoms with Gasteiger partial charge in [-0.25, -0.2) is 0 Å². The number of likely N-dealkylation sites (tertiary alicyclic amines) is 1. The van der Waals surface area contributed by atoms with Crippen LogP contribution in [-0.4, -0.2) is 41.2 Å². The SMILES string of the molecule is CC(=O)[C@H](c1ccccc1)N1CC[C@@H](C(=O)NCCCc2ccc3c(n2)CCCC3)C1. The Morgan fingerprint density at radius 3 is 2.74 bits per heavy atom. The van der Waals surface area contributed by atoms with E-state index in [1.54, 1.807) is 6.92 Å². The van der Waals surface area contributed by atoms with Gasteiger partial charge in [0.25, 0.3) is 0 Å². The van der Waals surface area contributed by atoms with Gasteiger partial charge in [-0.2, -0.15) is 0 Å². The summed E-state index contributed by atoms with van der Waals surface area (Å²) in [7, 11) is 0. The van der Waals surface area contributed by atoms with E-state index in [-0.39, 0.29) is 23.7 Å². The van der Waals surface area contributed by atoms with Crippen LogP contribution in [0.25, 0.3) is 0 Å². The number of aromatic nitrogens is 1. The van der Waals surface area contributed by atoms with Gasteiger partial charge in [0.2, 0.25) is 5.91 Å². The molecule has 1 aliphatic carbocycles. The predicted molar refractivity (Wildman–Crippen MR) is 122 cm³/mol. The van der Waals surface area contributed by atoms with Crippen LogP contribution < -0.4 is 5.32 Å². The normalized spacial score (nSPS) is 19.6. The largest absolute Gasteiger partial charge is 0.356 e. The Bertz CT molecular complexity index is 912. The first-order valence-electron chi connectivity index (χ1n) is 11.7. The van der Waals surface area contributed by atoms with E-state index in [0.29, 0.717) is 13.1 Å². The van der Waals surface area contributed by atoms with Crippen LogP contribution in [0.2, 0.25) is 0 Å². The van der Waals surface area contributed by atoms with Crippen LogP contribution in [0.3, 0.4) is 0 Å². The Hall–Kier alpha value is -2.53. The van der Waals surface area contributed by atoms with Gasteiger partial charge in [0.05, 0.1) is 12.0 Å². The van der Waals surface area contributed by atoms with Crippen LogP contribution in [0.1, 0.15) is 61.2 Å². The first-order valence-corrected chi connectivity index (χ1v) is 11.7. The van der Waals surface area contributed by atoms with Crippen LogP contribution in [-0.2, 0) is 28.9 Å². The molecule has 2 atom stereocenters. The highest BCUT2D eigenvalue weighted by Gasteiger charge is 2.34. The Morgan fingerprint density at radius 1 is 1.13 bits per heavy atom. The van der Waals surface area contributed by atoms with E-state index in [1.165, 1.54) is 24.1 Å². The van der Waals surface area contributed by atoms with Crippen molar-refractivity contribution in [3.8, 4) is 0 Å². The standard InChI is InChI=1S/C26H33N3O2/c1-19(30)25(21-9-3-2-4-10-21)29-17-15-22(18-29)26(31)27-16-7-11-23-14-13-20-8-5-6-12-24(20)28-23/h2-4,9-10,13-14,22,25H,5-8,11-12,15-18H2,1H3,(H,27,31)/t22-,25-/m1/s1. The lowest BCUT2D eigenvalue weighted by Crippen LogP contribution is -2.36. The molecule has 5 nitrogen and oxygen atoms in total. The van der Waals surface area contributed by atoms with E-state index in [0.717, 1.165) is 49.9 Å². The van der Waals surface area contributed by atoms with E-state index < -0.39 is 0 Å². The third-order valence-corrected chi connectivity index (χ3v) is 6.60. The molecule has 1 fully saturated rings. The molecule has 4 rings (SSSR count). The summed E-state index contributed by atoms with van der Waals surface area (Å²) in [6.07, 6.45) is 7.37. The van der Waals surface area contributed by atoms with Crippen molar-refractivity contribution in [1.29, 1.82) is 0 Å². The Morgan fingerprint density at radius 2 is 1.94 bits per heavy atom. The molecule has 0 bridgehead atoms. The number of fused-ring (bicyclic) bond motifs is 1. The Kier molecular flexibility index (Phi) is 7.13. The summed E-state index contributed by atoms with van der Waals surface area (Å²) in [6, 6.07) is 14.0. The molecule has 5 heteroatoms. The Balaban J connectivity index is 1.24. The van der Waals surface area contributed by atoms with Gasteiger partial charge in [-0.1, -0.05) is 36.4 Å². The number of Topliss-reactive ketones (excluding diaryl/α,β-unsaturated/α-hetero) is 1. The lowest BCUT2D eigenvalue weighted by molar-refractivity contribution is -0.126. The highest BCUT2D eigenvalue weighted by molar-refractivity contribution is 5.83. The number of ketones is 1. The molecule has 0 spiro atoms. The third-order valence-electron chi connectivity index (χ3n) is 6.60. The number of carbonyl (C=O) groups is 2. The summed E-state index contributed by atoms with van der Waals surface area (Å²) in [4.78, 5) is 32.0. The monoisotopic (exact) mass is 419 g/mol. The van der Waals surface area contributed by atoms with Crippen LogP contribution >= 0.6 is 0 Å². The zero-order valence-corrected chi connectivity index (χ0v) is 18.5. The smallest absolute Gasteiger partial charge is 0.224 e. The number of nitrogens with one attached hydrogen (secondary N) is 1. The van der Waals surface area contributed by atoms with Crippen LogP contribution in [0.15, 0.2) is 42.5 Å². The fourth-order valence-corrected chi connectivity index (χ4v) is 4.97. The van der Waals surface area contributed by atoms with Crippen molar-refractivity contribution in [2.75, 3.05) is 19.6 Å². The van der Waals surface area contributed by atoms with Crippen molar-refractivity contribution < 1.29 is 9.59 Å². The average Bonchev–Trinajstić information content (AvgIpc) is 3.27. The molecule has 31 heavy (non-hydrogen) atoms. The zero-order chi connectivity index (χ0) is 21.6. The number of hydrogen-bond acceptors (Lipinski definition) is 4. The minimum atomic E-state index is -0.255. The molecular weight excluding hydrogens is 386 g/mol. The second-order valence-electron chi connectivity index (χ2n) is 8.91. The van der Waals surface area contributed by atoms with Crippen molar-refractivity contribution in [3.63, 3.8) is 0 Å². The maximum atomic E-state index is 12.7. The predicted octanol–water partition coefficient (Wildman–Crippen LogP) is 3.66. The van der Waals surface area contributed by atoms with Crippen molar-refractivity contribution >= 4 is 11.7 Å². The number of rotatable bonds is 8. The van der Waals surface area contributed by atoms with E-state index >= 15 is 0 Å². The molecule has 2 aromatic rings. The quantitative estimate of drug-likeness (QED) is 0.664. The van der Waals surface area contributed by atoms with E-state index in [2.05, 4.69) is 22.3 Å². The van der Waals surface area contributed by atoms with E-state index in [9.17, 15) is 9.59 Å². The Labute approximate surface area is 185 Å². The van der Waals surface area contributed by atoms with E-state index in [4.69, 9.17) is 4.98 Å². The molecule has 1 N–H and O–H groups in total. The fraction of sp³-hybridized carbons (Fsp3) is 0.500. The number of benzene rings is 1. The number of amides is 1. The molecule has 1 aliphatic heterocycles. The van der Waals surface area contributed by atoms with Gasteiger partial charge >= 0.3 is 0 Å². The molecule has 1 aromatic heterocycles. The molecule has 0 saturated carbocycles. The second kappa shape index (κ2) is 10.2. The minimum absolute atomic E-state index is 0.0487. The number of hydrogen-bond donors (Lipinski definition) is 1. The van der Waals surface area contributed by atoms with Gasteiger partial charge in [0, 0.05) is 31.0 Å². The van der Waals surface area contributed by atoms with Crippen molar-refractivity contribution in [2.24, 2.45) is 5.92 Å². The highest BCUT2D eigenvalue weighted by Crippen LogP contribution is 2.28. The number of aryl methyl sites for hydroxylation is 3. The summed E-state index contributed by atoms with van der Waals surface area (Å²) < 4.78 is 0. The molecule has 0 radical (unpaired) electrons. The first kappa shape index (κ1) is 21.7. The molecule has 164 valence electrons. The molecule has 1 saturated heterocycles. The van der Waals surface area contributed by atoms with Gasteiger partial charge in [-0.3, -0.25) is 19.5 Å².